The fourth-order valence-electron chi connectivity index (χ4n) is 5.19. The van der Waals surface area contributed by atoms with E-state index in [1.165, 1.54) is 32.8 Å². The number of rotatable bonds is 17. The van der Waals surface area contributed by atoms with Crippen LogP contribution in [-0.2, 0) is 47.6 Å². The van der Waals surface area contributed by atoms with E-state index in [-0.39, 0.29) is 49.2 Å². The summed E-state index contributed by atoms with van der Waals surface area (Å²) >= 11 is 0. The molecule has 3 fully saturated rings. The lowest BCUT2D eigenvalue weighted by Gasteiger charge is -2.26. The smallest absolute Gasteiger partial charge is 0.309 e. The molecule has 0 aromatic heterocycles. The molecular formula is C30H52N2O10. The van der Waals surface area contributed by atoms with Crippen molar-refractivity contribution >= 4 is 23.9 Å². The first-order valence-corrected chi connectivity index (χ1v) is 15.5. The van der Waals surface area contributed by atoms with Gasteiger partial charge in [-0.05, 0) is 77.5 Å². The number of hydrogen-bond acceptors (Lipinski definition) is 12. The van der Waals surface area contributed by atoms with Crippen molar-refractivity contribution in [1.82, 2.24) is 9.80 Å². The number of ether oxygens (including phenoxy) is 6. The van der Waals surface area contributed by atoms with Crippen LogP contribution in [0, 0.1) is 11.8 Å². The van der Waals surface area contributed by atoms with Gasteiger partial charge in [0.05, 0.1) is 37.9 Å². The third-order valence-corrected chi connectivity index (χ3v) is 7.73. The lowest BCUT2D eigenvalue weighted by molar-refractivity contribution is -0.156. The minimum Gasteiger partial charge on any atom is -0.464 e. The van der Waals surface area contributed by atoms with Gasteiger partial charge in [-0.25, -0.2) is 0 Å². The van der Waals surface area contributed by atoms with E-state index >= 15 is 0 Å². The van der Waals surface area contributed by atoms with Crippen molar-refractivity contribution in [2.24, 2.45) is 11.8 Å². The van der Waals surface area contributed by atoms with Crippen molar-refractivity contribution in [3.8, 4) is 0 Å². The average molecular weight is 601 g/mol. The van der Waals surface area contributed by atoms with Crippen LogP contribution in [-0.4, -0.2) is 127 Å². The van der Waals surface area contributed by atoms with Gasteiger partial charge in [-0.3, -0.25) is 29.0 Å². The zero-order valence-corrected chi connectivity index (χ0v) is 25.7. The molecule has 0 radical (unpaired) electrons. The van der Waals surface area contributed by atoms with E-state index in [1.807, 2.05) is 0 Å². The van der Waals surface area contributed by atoms with Crippen LogP contribution in [0.3, 0.4) is 0 Å². The molecule has 0 unspecified atom stereocenters. The molecule has 12 heteroatoms. The molecule has 12 nitrogen and oxygen atoms in total. The van der Waals surface area contributed by atoms with E-state index in [0.29, 0.717) is 58.7 Å². The summed E-state index contributed by atoms with van der Waals surface area (Å²) in [6, 6.07) is 0. The zero-order chi connectivity index (χ0) is 30.4. The SMILES string of the molecule is COCCOC(=O)C1CCC(C(=O)OCCN2CCCC2)CC1.COCCOC(=O)CCC(=O)OCCN1CCCC1. The molecule has 0 N–H and O–H groups in total. The minimum atomic E-state index is -0.395. The van der Waals surface area contributed by atoms with Crippen molar-refractivity contribution in [2.45, 2.75) is 64.2 Å². The van der Waals surface area contributed by atoms with Crippen molar-refractivity contribution in [3.63, 3.8) is 0 Å². The Balaban J connectivity index is 0.000000299. The summed E-state index contributed by atoms with van der Waals surface area (Å²) in [7, 11) is 3.11. The molecule has 242 valence electrons. The molecule has 2 saturated heterocycles. The first-order chi connectivity index (χ1) is 20.4. The molecule has 1 aliphatic carbocycles. The zero-order valence-electron chi connectivity index (χ0n) is 25.7. The van der Waals surface area contributed by atoms with Crippen LogP contribution in [0.2, 0.25) is 0 Å². The summed E-state index contributed by atoms with van der Waals surface area (Å²) in [6.45, 7) is 8.23. The predicted molar refractivity (Wildman–Crippen MR) is 154 cm³/mol. The van der Waals surface area contributed by atoms with Crippen LogP contribution in [0.15, 0.2) is 0 Å². The third-order valence-electron chi connectivity index (χ3n) is 7.73. The Kier molecular flexibility index (Phi) is 19.1. The molecule has 3 aliphatic rings. The molecule has 2 aliphatic heterocycles. The second kappa shape index (κ2) is 22.3. The van der Waals surface area contributed by atoms with Gasteiger partial charge in [-0.2, -0.15) is 0 Å². The monoisotopic (exact) mass is 600 g/mol. The largest absolute Gasteiger partial charge is 0.464 e. The highest BCUT2D eigenvalue weighted by molar-refractivity contribution is 5.77. The predicted octanol–water partition coefficient (Wildman–Crippen LogP) is 2.22. The molecule has 0 aromatic carbocycles. The van der Waals surface area contributed by atoms with Gasteiger partial charge >= 0.3 is 23.9 Å². The topological polar surface area (TPSA) is 130 Å². The van der Waals surface area contributed by atoms with Gasteiger partial charge in [0.25, 0.3) is 0 Å². The molecule has 3 rings (SSSR count). The van der Waals surface area contributed by atoms with E-state index in [2.05, 4.69) is 9.80 Å². The van der Waals surface area contributed by atoms with Crippen molar-refractivity contribution < 1.29 is 47.6 Å². The second-order valence-corrected chi connectivity index (χ2v) is 10.9. The highest BCUT2D eigenvalue weighted by Crippen LogP contribution is 2.30. The van der Waals surface area contributed by atoms with Crippen molar-refractivity contribution in [2.75, 3.05) is 93.1 Å². The quantitative estimate of drug-likeness (QED) is 0.138. The Morgan fingerprint density at radius 1 is 0.524 bits per heavy atom. The Hall–Kier alpha value is -2.28. The fraction of sp³-hybridized carbons (Fsp3) is 0.867. The Morgan fingerprint density at radius 2 is 0.881 bits per heavy atom. The molecule has 2 heterocycles. The molecular weight excluding hydrogens is 548 g/mol. The summed E-state index contributed by atoms with van der Waals surface area (Å²) in [5.41, 5.74) is 0. The van der Waals surface area contributed by atoms with Crippen molar-refractivity contribution in [3.05, 3.63) is 0 Å². The lowest BCUT2D eigenvalue weighted by Crippen LogP contribution is -2.30. The summed E-state index contributed by atoms with van der Waals surface area (Å²) in [4.78, 5) is 51.1. The number of likely N-dealkylation sites (tertiary alicyclic amines) is 2. The van der Waals surface area contributed by atoms with Gasteiger partial charge in [0, 0.05) is 27.3 Å². The maximum absolute atomic E-state index is 12.1. The average Bonchev–Trinajstić information content (AvgIpc) is 3.72. The molecule has 0 bridgehead atoms. The maximum atomic E-state index is 12.1. The van der Waals surface area contributed by atoms with E-state index in [1.54, 1.807) is 7.11 Å². The van der Waals surface area contributed by atoms with E-state index in [9.17, 15) is 19.2 Å². The molecule has 0 atom stereocenters. The first kappa shape index (κ1) is 35.9. The van der Waals surface area contributed by atoms with E-state index in [0.717, 1.165) is 39.3 Å². The van der Waals surface area contributed by atoms with Crippen LogP contribution >= 0.6 is 0 Å². The number of nitrogens with zero attached hydrogens (tertiary/aromatic N) is 2. The number of carbonyl (C=O) groups excluding carboxylic acids is 4. The highest BCUT2D eigenvalue weighted by Gasteiger charge is 2.31. The Bertz CT molecular complexity index is 776. The highest BCUT2D eigenvalue weighted by atomic mass is 16.6. The molecule has 0 aromatic rings. The molecule has 0 amide bonds. The van der Waals surface area contributed by atoms with Crippen LogP contribution in [0.4, 0.5) is 0 Å². The van der Waals surface area contributed by atoms with Gasteiger partial charge in [-0.15, -0.1) is 0 Å². The van der Waals surface area contributed by atoms with E-state index < -0.39 is 5.97 Å². The standard InChI is InChI=1S/C17H29NO5.C13H23NO5/c1-21-12-13-23-17(20)15-6-4-14(5-7-15)16(19)22-11-10-18-8-2-3-9-18;1-17-10-11-19-13(16)5-4-12(15)18-9-8-14-6-2-3-7-14/h14-15H,2-13H2,1H3;2-11H2,1H3. The van der Waals surface area contributed by atoms with Crippen LogP contribution < -0.4 is 0 Å². The first-order valence-electron chi connectivity index (χ1n) is 15.5. The van der Waals surface area contributed by atoms with E-state index in [4.69, 9.17) is 28.4 Å². The van der Waals surface area contributed by atoms with Gasteiger partial charge < -0.3 is 28.4 Å². The van der Waals surface area contributed by atoms with Gasteiger partial charge in [0.2, 0.25) is 0 Å². The van der Waals surface area contributed by atoms with Crippen molar-refractivity contribution in [1.29, 1.82) is 0 Å². The van der Waals surface area contributed by atoms with Crippen LogP contribution in [0.5, 0.6) is 0 Å². The summed E-state index contributed by atoms with van der Waals surface area (Å²) in [6.07, 6.45) is 7.92. The normalized spacial score (nSPS) is 20.8. The summed E-state index contributed by atoms with van der Waals surface area (Å²) < 4.78 is 30.1. The fourth-order valence-corrected chi connectivity index (χ4v) is 5.19. The Morgan fingerprint density at radius 3 is 1.31 bits per heavy atom. The van der Waals surface area contributed by atoms with Crippen LogP contribution in [0.25, 0.3) is 0 Å². The molecule has 42 heavy (non-hydrogen) atoms. The summed E-state index contributed by atoms with van der Waals surface area (Å²) in [5.74, 6) is -1.15. The van der Waals surface area contributed by atoms with Gasteiger partial charge in [0.1, 0.15) is 26.4 Å². The van der Waals surface area contributed by atoms with Gasteiger partial charge in [0.15, 0.2) is 0 Å². The lowest BCUT2D eigenvalue weighted by atomic mass is 9.82. The molecule has 0 spiro atoms. The second-order valence-electron chi connectivity index (χ2n) is 10.9. The minimum absolute atomic E-state index is 0.0587. The third kappa shape index (κ3) is 15.8. The number of carbonyl (C=O) groups is 4. The van der Waals surface area contributed by atoms with Crippen LogP contribution in [0.1, 0.15) is 64.2 Å². The number of esters is 4. The Labute approximate surface area is 250 Å². The molecule has 1 saturated carbocycles. The number of hydrogen-bond donors (Lipinski definition) is 0. The number of methoxy groups -OCH3 is 2. The van der Waals surface area contributed by atoms with Gasteiger partial charge in [-0.1, -0.05) is 0 Å². The maximum Gasteiger partial charge on any atom is 0.309 e. The summed E-state index contributed by atoms with van der Waals surface area (Å²) in [5, 5.41) is 0.